The van der Waals surface area contributed by atoms with Crippen LogP contribution in [0.25, 0.3) is 0 Å². The van der Waals surface area contributed by atoms with Gasteiger partial charge < -0.3 is 0 Å². The lowest BCUT2D eigenvalue weighted by Crippen LogP contribution is -2.01. The minimum Gasteiger partial charge on any atom is -0.255 e. The summed E-state index contributed by atoms with van der Waals surface area (Å²) in [4.78, 5) is 3.57. The first kappa shape index (κ1) is 10.9. The zero-order chi connectivity index (χ0) is 10.7. The van der Waals surface area contributed by atoms with Gasteiger partial charge in [0.25, 0.3) is 6.43 Å². The van der Waals surface area contributed by atoms with Gasteiger partial charge in [0.1, 0.15) is 5.69 Å². The number of aromatic nitrogens is 1. The number of pyridine rings is 1. The second-order valence-corrected chi connectivity index (χ2v) is 2.98. The van der Waals surface area contributed by atoms with Crippen molar-refractivity contribution in [1.82, 2.24) is 4.98 Å². The highest BCUT2D eigenvalue weighted by Crippen LogP contribution is 2.24. The lowest BCUT2D eigenvalue weighted by atomic mass is 10.0. The van der Waals surface area contributed by atoms with Crippen molar-refractivity contribution >= 4 is 11.6 Å². The van der Waals surface area contributed by atoms with E-state index in [0.29, 0.717) is 5.56 Å². The molecule has 0 spiro atoms. The molecular formula is C9H7ClF2N2. The molecule has 0 radical (unpaired) electrons. The zero-order valence-electron chi connectivity index (χ0n) is 7.39. The fraction of sp³-hybridized carbons (Fsp3) is 0.333. The first-order valence-corrected chi connectivity index (χ1v) is 4.37. The Bertz CT molecular complexity index is 385. The van der Waals surface area contributed by atoms with E-state index in [9.17, 15) is 8.78 Å². The fourth-order valence-electron chi connectivity index (χ4n) is 1.15. The Kier molecular flexibility index (Phi) is 3.37. The number of nitrogens with zero attached hydrogens (tertiary/aromatic N) is 2. The van der Waals surface area contributed by atoms with Gasteiger partial charge in [-0.15, -0.1) is 11.6 Å². The normalized spacial score (nSPS) is 10.3. The molecule has 5 heteroatoms. The van der Waals surface area contributed by atoms with Crippen LogP contribution in [0, 0.1) is 18.3 Å². The van der Waals surface area contributed by atoms with E-state index in [1.807, 2.05) is 6.07 Å². The number of hydrogen-bond donors (Lipinski definition) is 0. The second kappa shape index (κ2) is 4.34. The highest BCUT2D eigenvalue weighted by molar-refractivity contribution is 6.17. The van der Waals surface area contributed by atoms with Gasteiger partial charge in [0.15, 0.2) is 0 Å². The van der Waals surface area contributed by atoms with Gasteiger partial charge in [0.2, 0.25) is 0 Å². The maximum absolute atomic E-state index is 12.4. The van der Waals surface area contributed by atoms with Crippen molar-refractivity contribution < 1.29 is 8.78 Å². The van der Waals surface area contributed by atoms with Gasteiger partial charge in [-0.3, -0.25) is 4.98 Å². The Hall–Kier alpha value is -1.21. The summed E-state index contributed by atoms with van der Waals surface area (Å²) in [5, 5.41) is 8.76. The first-order chi connectivity index (χ1) is 6.61. The fourth-order valence-corrected chi connectivity index (χ4v) is 1.36. The highest BCUT2D eigenvalue weighted by Gasteiger charge is 2.17. The van der Waals surface area contributed by atoms with Crippen LogP contribution in [0.3, 0.4) is 0 Å². The van der Waals surface area contributed by atoms with Crippen molar-refractivity contribution in [2.24, 2.45) is 0 Å². The van der Waals surface area contributed by atoms with Gasteiger partial charge in [-0.05, 0) is 12.5 Å². The van der Waals surface area contributed by atoms with Crippen LogP contribution in [0.5, 0.6) is 0 Å². The molecule has 0 saturated carbocycles. The van der Waals surface area contributed by atoms with Crippen LogP contribution >= 0.6 is 11.6 Å². The number of rotatable bonds is 2. The number of alkyl halides is 3. The third-order valence-corrected chi connectivity index (χ3v) is 2.19. The topological polar surface area (TPSA) is 36.7 Å². The molecule has 0 aliphatic heterocycles. The van der Waals surface area contributed by atoms with Gasteiger partial charge in [0, 0.05) is 11.8 Å². The summed E-state index contributed by atoms with van der Waals surface area (Å²) >= 11 is 5.54. The Balaban J connectivity index is 3.37. The summed E-state index contributed by atoms with van der Waals surface area (Å²) < 4.78 is 24.7. The van der Waals surface area contributed by atoms with Crippen molar-refractivity contribution in [2.45, 2.75) is 19.2 Å². The monoisotopic (exact) mass is 216 g/mol. The maximum Gasteiger partial charge on any atom is 0.280 e. The molecular weight excluding hydrogens is 210 g/mol. The van der Waals surface area contributed by atoms with Crippen LogP contribution in [0.15, 0.2) is 6.20 Å². The molecule has 0 amide bonds. The molecule has 0 aliphatic rings. The molecule has 0 bridgehead atoms. The summed E-state index contributed by atoms with van der Waals surface area (Å²) in [5.74, 6) is 0.0975. The zero-order valence-corrected chi connectivity index (χ0v) is 8.15. The predicted molar refractivity (Wildman–Crippen MR) is 48.2 cm³/mol. The second-order valence-electron chi connectivity index (χ2n) is 2.71. The van der Waals surface area contributed by atoms with Crippen molar-refractivity contribution in [3.63, 3.8) is 0 Å². The minimum atomic E-state index is -2.66. The largest absolute Gasteiger partial charge is 0.280 e. The molecule has 1 rings (SSSR count). The van der Waals surface area contributed by atoms with E-state index in [1.54, 1.807) is 0 Å². The third kappa shape index (κ3) is 1.83. The lowest BCUT2D eigenvalue weighted by molar-refractivity contribution is 0.145. The van der Waals surface area contributed by atoms with E-state index in [-0.39, 0.29) is 22.7 Å². The summed E-state index contributed by atoms with van der Waals surface area (Å²) in [5.41, 5.74) is 0.539. The Morgan fingerprint density at radius 2 is 2.29 bits per heavy atom. The molecule has 1 heterocycles. The van der Waals surface area contributed by atoms with Crippen LogP contribution in [0.4, 0.5) is 8.78 Å². The summed E-state index contributed by atoms with van der Waals surface area (Å²) in [6.07, 6.45) is -1.44. The maximum atomic E-state index is 12.4. The van der Waals surface area contributed by atoms with Gasteiger partial charge in [-0.1, -0.05) is 0 Å². The third-order valence-electron chi connectivity index (χ3n) is 1.90. The van der Waals surface area contributed by atoms with Crippen LogP contribution in [0.1, 0.15) is 28.8 Å². The number of hydrogen-bond acceptors (Lipinski definition) is 2. The van der Waals surface area contributed by atoms with Gasteiger partial charge in [-0.2, -0.15) is 5.26 Å². The number of halogens is 3. The SMILES string of the molecule is Cc1c(C(F)F)ncc(CCl)c1C#N. The van der Waals surface area contributed by atoms with E-state index in [2.05, 4.69) is 4.98 Å². The van der Waals surface area contributed by atoms with Crippen LogP contribution < -0.4 is 0 Å². The average molecular weight is 217 g/mol. The quantitative estimate of drug-likeness (QED) is 0.713. The van der Waals surface area contributed by atoms with Crippen molar-refractivity contribution in [2.75, 3.05) is 0 Å². The Morgan fingerprint density at radius 3 is 2.71 bits per heavy atom. The molecule has 0 N–H and O–H groups in total. The molecule has 74 valence electrons. The van der Waals surface area contributed by atoms with Crippen molar-refractivity contribution in [1.29, 1.82) is 5.26 Å². The minimum absolute atomic E-state index is 0.0975. The molecule has 0 saturated heterocycles. The van der Waals surface area contributed by atoms with Gasteiger partial charge >= 0.3 is 0 Å². The molecule has 1 aromatic heterocycles. The van der Waals surface area contributed by atoms with Crippen LogP contribution in [-0.2, 0) is 5.88 Å². The standard InChI is InChI=1S/C9H7ClF2N2/c1-5-7(3-13)6(2-10)4-14-8(5)9(11)12/h4,9H,2H2,1H3. The highest BCUT2D eigenvalue weighted by atomic mass is 35.5. The van der Waals surface area contributed by atoms with E-state index in [4.69, 9.17) is 16.9 Å². The molecule has 1 aromatic rings. The van der Waals surface area contributed by atoms with E-state index < -0.39 is 6.43 Å². The summed E-state index contributed by atoms with van der Waals surface area (Å²) in [7, 11) is 0. The van der Waals surface area contributed by atoms with E-state index in [1.165, 1.54) is 13.1 Å². The Labute approximate surface area is 85.1 Å². The molecule has 0 unspecified atom stereocenters. The molecule has 14 heavy (non-hydrogen) atoms. The smallest absolute Gasteiger partial charge is 0.255 e. The predicted octanol–water partition coefficient (Wildman–Crippen LogP) is 2.94. The van der Waals surface area contributed by atoms with E-state index in [0.717, 1.165) is 0 Å². The number of nitriles is 1. The molecule has 2 nitrogen and oxygen atoms in total. The van der Waals surface area contributed by atoms with E-state index >= 15 is 0 Å². The first-order valence-electron chi connectivity index (χ1n) is 3.84. The van der Waals surface area contributed by atoms with Crippen LogP contribution in [-0.4, -0.2) is 4.98 Å². The molecule has 0 aromatic carbocycles. The van der Waals surface area contributed by atoms with Gasteiger partial charge in [0.05, 0.1) is 17.5 Å². The van der Waals surface area contributed by atoms with Crippen LogP contribution in [0.2, 0.25) is 0 Å². The van der Waals surface area contributed by atoms with Crippen molar-refractivity contribution in [3.8, 4) is 6.07 Å². The average Bonchev–Trinajstić information content (AvgIpc) is 2.16. The van der Waals surface area contributed by atoms with Crippen molar-refractivity contribution in [3.05, 3.63) is 28.6 Å². The molecule has 0 atom stereocenters. The summed E-state index contributed by atoms with van der Waals surface area (Å²) in [6.45, 7) is 1.45. The Morgan fingerprint density at radius 1 is 1.64 bits per heavy atom. The summed E-state index contributed by atoms with van der Waals surface area (Å²) in [6, 6.07) is 1.85. The lowest BCUT2D eigenvalue weighted by Gasteiger charge is -2.07. The molecule has 0 fully saturated rings. The van der Waals surface area contributed by atoms with Gasteiger partial charge in [-0.25, -0.2) is 8.78 Å². The molecule has 0 aliphatic carbocycles.